The van der Waals surface area contributed by atoms with Crippen LogP contribution in [0.3, 0.4) is 0 Å². The number of carbonyl (C=O) groups excluding carboxylic acids is 1. The van der Waals surface area contributed by atoms with Crippen LogP contribution in [0.1, 0.15) is 22.5 Å². The number of hydrogen-bond acceptors (Lipinski definition) is 5. The van der Waals surface area contributed by atoms with Gasteiger partial charge in [-0.05, 0) is 24.6 Å². The van der Waals surface area contributed by atoms with Crippen LogP contribution in [0.2, 0.25) is 0 Å². The number of para-hydroxylation sites is 1. The molecule has 0 aliphatic heterocycles. The summed E-state index contributed by atoms with van der Waals surface area (Å²) in [6.45, 7) is 2.54. The number of nitrogens with zero attached hydrogens (tertiary/aromatic N) is 1. The minimum atomic E-state index is -0.183. The van der Waals surface area contributed by atoms with E-state index in [1.54, 1.807) is 25.1 Å². The second kappa shape index (κ2) is 10.5. The van der Waals surface area contributed by atoms with E-state index in [-0.39, 0.29) is 12.5 Å². The average Bonchev–Trinajstić information content (AvgIpc) is 3.11. The molecule has 1 amide bonds. The van der Waals surface area contributed by atoms with Gasteiger partial charge in [0.25, 0.3) is 5.91 Å². The molecule has 0 aliphatic carbocycles. The van der Waals surface area contributed by atoms with Crippen LogP contribution in [-0.2, 0) is 16.1 Å². The first-order valence-corrected chi connectivity index (χ1v) is 8.28. The summed E-state index contributed by atoms with van der Waals surface area (Å²) in [5.41, 5.74) is 0.724. The van der Waals surface area contributed by atoms with Crippen molar-refractivity contribution < 1.29 is 23.4 Å². The molecule has 6 nitrogen and oxygen atoms in total. The molecule has 0 saturated carbocycles. The van der Waals surface area contributed by atoms with Crippen LogP contribution < -0.4 is 4.74 Å². The van der Waals surface area contributed by atoms with E-state index in [4.69, 9.17) is 18.6 Å². The fourth-order valence-electron chi connectivity index (χ4n) is 2.20. The van der Waals surface area contributed by atoms with Gasteiger partial charge in [0.15, 0.2) is 5.76 Å². The van der Waals surface area contributed by atoms with Crippen LogP contribution in [0.5, 0.6) is 5.75 Å². The molecular weight excluding hydrogens is 322 g/mol. The highest BCUT2D eigenvalue weighted by Gasteiger charge is 2.19. The van der Waals surface area contributed by atoms with Gasteiger partial charge >= 0.3 is 0 Å². The molecule has 1 aromatic carbocycles. The van der Waals surface area contributed by atoms with Gasteiger partial charge in [-0.15, -0.1) is 0 Å². The highest BCUT2D eigenvalue weighted by Crippen LogP contribution is 2.17. The number of methoxy groups -OCH3 is 1. The maximum Gasteiger partial charge on any atom is 0.289 e. The first-order valence-electron chi connectivity index (χ1n) is 8.28. The zero-order chi connectivity index (χ0) is 17.9. The molecule has 0 fully saturated rings. The Hall–Kier alpha value is -2.31. The Bertz CT molecular complexity index is 626. The Kier molecular flexibility index (Phi) is 8.01. The van der Waals surface area contributed by atoms with Crippen LogP contribution in [0.15, 0.2) is 47.1 Å². The quantitative estimate of drug-likeness (QED) is 0.585. The smallest absolute Gasteiger partial charge is 0.289 e. The Morgan fingerprint density at radius 2 is 1.92 bits per heavy atom. The lowest BCUT2D eigenvalue weighted by Crippen LogP contribution is -2.30. The summed E-state index contributed by atoms with van der Waals surface area (Å²) in [7, 11) is 3.39. The molecule has 0 unspecified atom stereocenters. The van der Waals surface area contributed by atoms with Gasteiger partial charge in [0.2, 0.25) is 0 Å². The van der Waals surface area contributed by atoms with Crippen molar-refractivity contribution in [3.05, 3.63) is 54.0 Å². The van der Waals surface area contributed by atoms with Gasteiger partial charge in [-0.3, -0.25) is 4.79 Å². The van der Waals surface area contributed by atoms with E-state index >= 15 is 0 Å². The van der Waals surface area contributed by atoms with Crippen molar-refractivity contribution in [1.82, 2.24) is 4.90 Å². The van der Waals surface area contributed by atoms with Crippen molar-refractivity contribution in [2.45, 2.75) is 13.0 Å². The van der Waals surface area contributed by atoms with Gasteiger partial charge in [-0.2, -0.15) is 0 Å². The molecule has 25 heavy (non-hydrogen) atoms. The highest BCUT2D eigenvalue weighted by molar-refractivity contribution is 5.92. The number of rotatable bonds is 11. The number of likely N-dealkylation sites (N-methyl/N-ethyl adjacent to an activating group) is 1. The van der Waals surface area contributed by atoms with Crippen LogP contribution in [-0.4, -0.2) is 51.3 Å². The van der Waals surface area contributed by atoms with Crippen molar-refractivity contribution in [3.63, 3.8) is 0 Å². The van der Waals surface area contributed by atoms with E-state index in [1.807, 2.05) is 30.3 Å². The zero-order valence-electron chi connectivity index (χ0n) is 14.8. The molecule has 1 heterocycles. The lowest BCUT2D eigenvalue weighted by Gasteiger charge is -2.16. The van der Waals surface area contributed by atoms with Crippen molar-refractivity contribution in [1.29, 1.82) is 0 Å². The maximum absolute atomic E-state index is 12.5. The van der Waals surface area contributed by atoms with E-state index in [0.29, 0.717) is 32.1 Å². The number of benzene rings is 1. The van der Waals surface area contributed by atoms with Gasteiger partial charge in [-0.1, -0.05) is 18.2 Å². The largest absolute Gasteiger partial charge is 0.489 e. The minimum absolute atomic E-state index is 0.183. The molecule has 6 heteroatoms. The van der Waals surface area contributed by atoms with Crippen LogP contribution in [0.25, 0.3) is 0 Å². The lowest BCUT2D eigenvalue weighted by molar-refractivity contribution is 0.0629. The molecule has 1 aromatic heterocycles. The first-order chi connectivity index (χ1) is 12.2. The van der Waals surface area contributed by atoms with Gasteiger partial charge in [0, 0.05) is 39.5 Å². The minimum Gasteiger partial charge on any atom is -0.489 e. The fraction of sp³-hybridized carbons (Fsp3) is 0.421. The maximum atomic E-state index is 12.5. The number of furan rings is 1. The fourth-order valence-corrected chi connectivity index (χ4v) is 2.20. The second-order valence-electron chi connectivity index (χ2n) is 5.56. The van der Waals surface area contributed by atoms with Gasteiger partial charge in [-0.25, -0.2) is 0 Å². The molecule has 0 radical (unpaired) electrons. The van der Waals surface area contributed by atoms with Crippen LogP contribution in [0, 0.1) is 0 Å². The summed E-state index contributed by atoms with van der Waals surface area (Å²) in [4.78, 5) is 14.1. The molecule has 0 atom stereocenters. The molecule has 0 bridgehead atoms. The SMILES string of the molecule is COCCCOCCN(C)C(=O)c1occc1COc1ccccc1. The first kappa shape index (κ1) is 19.0. The third-order valence-electron chi connectivity index (χ3n) is 3.63. The number of amides is 1. The predicted molar refractivity (Wildman–Crippen MR) is 93.8 cm³/mol. The molecule has 0 saturated heterocycles. The number of ether oxygens (including phenoxy) is 3. The summed E-state index contributed by atoms with van der Waals surface area (Å²) in [5.74, 6) is 0.870. The van der Waals surface area contributed by atoms with Gasteiger partial charge in [0.05, 0.1) is 12.9 Å². The third kappa shape index (κ3) is 6.25. The summed E-state index contributed by atoms with van der Waals surface area (Å²) in [6, 6.07) is 11.2. The molecule has 0 N–H and O–H groups in total. The van der Waals surface area contributed by atoms with Gasteiger partial charge in [0.1, 0.15) is 12.4 Å². The van der Waals surface area contributed by atoms with Gasteiger partial charge < -0.3 is 23.5 Å². The highest BCUT2D eigenvalue weighted by atomic mass is 16.5. The van der Waals surface area contributed by atoms with E-state index in [2.05, 4.69) is 0 Å². The number of hydrogen-bond donors (Lipinski definition) is 0. The number of carbonyl (C=O) groups is 1. The summed E-state index contributed by atoms with van der Waals surface area (Å²) in [6.07, 6.45) is 2.35. The monoisotopic (exact) mass is 347 g/mol. The van der Waals surface area contributed by atoms with E-state index in [1.165, 1.54) is 6.26 Å². The Balaban J connectivity index is 1.80. The van der Waals surface area contributed by atoms with Crippen molar-refractivity contribution in [2.24, 2.45) is 0 Å². The molecule has 2 rings (SSSR count). The van der Waals surface area contributed by atoms with Crippen molar-refractivity contribution >= 4 is 5.91 Å². The molecule has 136 valence electrons. The van der Waals surface area contributed by atoms with Crippen LogP contribution >= 0.6 is 0 Å². The van der Waals surface area contributed by atoms with E-state index in [9.17, 15) is 4.79 Å². The summed E-state index contributed by atoms with van der Waals surface area (Å²) >= 11 is 0. The van der Waals surface area contributed by atoms with Crippen molar-refractivity contribution in [3.8, 4) is 5.75 Å². The zero-order valence-corrected chi connectivity index (χ0v) is 14.8. The topological polar surface area (TPSA) is 61.1 Å². The average molecular weight is 347 g/mol. The standard InChI is InChI=1S/C19H25NO5/c1-20(10-14-23-12-6-11-22-2)19(21)18-16(9-13-24-18)15-25-17-7-4-3-5-8-17/h3-5,7-9,13H,6,10-12,14-15H2,1-2H3. The second-order valence-corrected chi connectivity index (χ2v) is 5.56. The summed E-state index contributed by atoms with van der Waals surface area (Å²) < 4.78 is 21.5. The Morgan fingerprint density at radius 3 is 2.68 bits per heavy atom. The molecule has 0 spiro atoms. The Labute approximate surface area is 148 Å². The third-order valence-corrected chi connectivity index (χ3v) is 3.63. The van der Waals surface area contributed by atoms with Crippen LogP contribution in [0.4, 0.5) is 0 Å². The Morgan fingerprint density at radius 1 is 1.12 bits per heavy atom. The normalized spacial score (nSPS) is 10.6. The molecule has 2 aromatic rings. The van der Waals surface area contributed by atoms with E-state index < -0.39 is 0 Å². The lowest BCUT2D eigenvalue weighted by atomic mass is 10.2. The molecule has 0 aliphatic rings. The predicted octanol–water partition coefficient (Wildman–Crippen LogP) is 2.98. The summed E-state index contributed by atoms with van der Waals surface area (Å²) in [5, 5.41) is 0. The molecular formula is C19H25NO5. The van der Waals surface area contributed by atoms with E-state index in [0.717, 1.165) is 17.7 Å². The van der Waals surface area contributed by atoms with Crippen molar-refractivity contribution in [2.75, 3.05) is 40.5 Å².